The quantitative estimate of drug-likeness (QED) is 0.704. The van der Waals surface area contributed by atoms with Gasteiger partial charge in [-0.05, 0) is 12.1 Å². The fourth-order valence-electron chi connectivity index (χ4n) is 1.61. The van der Waals surface area contributed by atoms with Crippen LogP contribution in [0.2, 0.25) is 0 Å². The number of nitrogens with zero attached hydrogens (tertiary/aromatic N) is 2. The number of hydrogen-bond donors (Lipinski definition) is 1. The van der Waals surface area contributed by atoms with Crippen molar-refractivity contribution in [2.45, 2.75) is 6.61 Å². The smallest absolute Gasteiger partial charge is 0.411 e. The summed E-state index contributed by atoms with van der Waals surface area (Å²) >= 11 is 0. The minimum Gasteiger partial charge on any atom is -0.444 e. The molecule has 0 saturated carbocycles. The molecule has 1 N–H and O–H groups in total. The summed E-state index contributed by atoms with van der Waals surface area (Å²) in [5.41, 5.74) is 2.25. The van der Waals surface area contributed by atoms with Gasteiger partial charge in [-0.2, -0.15) is 0 Å². The average Bonchev–Trinajstić information content (AvgIpc) is 2.29. The Balaban J connectivity index is 2.32. The fraction of sp³-hybridized carbons (Fsp3) is 0.100. The summed E-state index contributed by atoms with van der Waals surface area (Å²) in [6.45, 7) is 0.263. The molecule has 0 atom stereocenters. The van der Waals surface area contributed by atoms with Gasteiger partial charge >= 0.3 is 6.09 Å². The highest BCUT2D eigenvalue weighted by Crippen LogP contribution is 2.27. The molecule has 1 amide bonds. The molecule has 5 nitrogen and oxygen atoms in total. The Labute approximate surface area is 85.1 Å². The predicted octanol–water partition coefficient (Wildman–Crippen LogP) is 1.69. The van der Waals surface area contributed by atoms with Gasteiger partial charge in [0.25, 0.3) is 0 Å². The third-order valence-corrected chi connectivity index (χ3v) is 2.31. The van der Waals surface area contributed by atoms with Crippen molar-refractivity contribution in [3.63, 3.8) is 0 Å². The first-order chi connectivity index (χ1) is 7.34. The van der Waals surface area contributed by atoms with Gasteiger partial charge in [0.2, 0.25) is 0 Å². The largest absolute Gasteiger partial charge is 0.444 e. The second-order valence-electron chi connectivity index (χ2n) is 3.23. The molecule has 0 radical (unpaired) electrons. The lowest BCUT2D eigenvalue weighted by Crippen LogP contribution is -2.20. The maximum absolute atomic E-state index is 11.1. The number of ether oxygens (including phenoxy) is 1. The van der Waals surface area contributed by atoms with Gasteiger partial charge < -0.3 is 4.74 Å². The minimum atomic E-state index is -0.432. The zero-order valence-corrected chi connectivity index (χ0v) is 7.73. The monoisotopic (exact) mass is 201 g/mol. The SMILES string of the molecule is O=C1Nc2c(cnc3ncccc23)CO1. The van der Waals surface area contributed by atoms with Crippen molar-refractivity contribution >= 4 is 22.8 Å². The van der Waals surface area contributed by atoms with E-state index in [1.165, 1.54) is 0 Å². The number of rotatable bonds is 0. The van der Waals surface area contributed by atoms with Crippen LogP contribution in [-0.4, -0.2) is 16.1 Å². The van der Waals surface area contributed by atoms with E-state index in [1.54, 1.807) is 12.4 Å². The van der Waals surface area contributed by atoms with E-state index in [1.807, 2.05) is 12.1 Å². The topological polar surface area (TPSA) is 64.1 Å². The first kappa shape index (κ1) is 8.16. The van der Waals surface area contributed by atoms with Crippen LogP contribution in [0.3, 0.4) is 0 Å². The van der Waals surface area contributed by atoms with E-state index in [2.05, 4.69) is 15.3 Å². The number of nitrogens with one attached hydrogen (secondary N) is 1. The van der Waals surface area contributed by atoms with Crippen LogP contribution >= 0.6 is 0 Å². The lowest BCUT2D eigenvalue weighted by molar-refractivity contribution is 0.151. The Bertz CT molecular complexity index is 553. The van der Waals surface area contributed by atoms with Crippen molar-refractivity contribution in [3.8, 4) is 0 Å². The molecule has 0 aliphatic carbocycles. The first-order valence-corrected chi connectivity index (χ1v) is 4.51. The van der Waals surface area contributed by atoms with E-state index in [-0.39, 0.29) is 6.61 Å². The summed E-state index contributed by atoms with van der Waals surface area (Å²) in [7, 11) is 0. The Morgan fingerprint density at radius 3 is 3.27 bits per heavy atom. The molecule has 5 heteroatoms. The highest BCUT2D eigenvalue weighted by Gasteiger charge is 2.18. The molecular weight excluding hydrogens is 194 g/mol. The summed E-state index contributed by atoms with van der Waals surface area (Å²) in [5, 5.41) is 3.50. The van der Waals surface area contributed by atoms with E-state index < -0.39 is 6.09 Å². The number of amides is 1. The Kier molecular flexibility index (Phi) is 1.58. The van der Waals surface area contributed by atoms with Crippen molar-refractivity contribution in [2.75, 3.05) is 5.32 Å². The standard InChI is InChI=1S/C10H7N3O2/c14-10-13-8-6(5-15-10)4-12-9-7(8)2-1-3-11-9/h1-4H,5H2,(H,13,14). The van der Waals surface area contributed by atoms with E-state index in [4.69, 9.17) is 4.74 Å². The predicted molar refractivity (Wildman–Crippen MR) is 53.3 cm³/mol. The summed E-state index contributed by atoms with van der Waals surface area (Å²) in [5.74, 6) is 0. The molecule has 0 spiro atoms. The number of hydrogen-bond acceptors (Lipinski definition) is 4. The highest BCUT2D eigenvalue weighted by atomic mass is 16.5. The van der Waals surface area contributed by atoms with Crippen molar-refractivity contribution < 1.29 is 9.53 Å². The molecule has 1 aliphatic rings. The summed E-state index contributed by atoms with van der Waals surface area (Å²) in [6, 6.07) is 3.69. The Morgan fingerprint density at radius 2 is 2.33 bits per heavy atom. The van der Waals surface area contributed by atoms with Gasteiger partial charge in [-0.1, -0.05) is 0 Å². The molecule has 3 rings (SSSR count). The van der Waals surface area contributed by atoms with Crippen LogP contribution in [0.4, 0.5) is 10.5 Å². The molecule has 15 heavy (non-hydrogen) atoms. The second kappa shape index (κ2) is 2.91. The zero-order valence-electron chi connectivity index (χ0n) is 7.73. The van der Waals surface area contributed by atoms with Gasteiger partial charge in [0, 0.05) is 23.3 Å². The average molecular weight is 201 g/mol. The lowest BCUT2D eigenvalue weighted by Gasteiger charge is -2.17. The normalized spacial score (nSPS) is 14.3. The number of fused-ring (bicyclic) bond motifs is 3. The molecule has 0 saturated heterocycles. The number of carbonyl (C=O) groups excluding carboxylic acids is 1. The first-order valence-electron chi connectivity index (χ1n) is 4.51. The molecule has 2 aromatic rings. The van der Waals surface area contributed by atoms with Crippen molar-refractivity contribution in [2.24, 2.45) is 0 Å². The Morgan fingerprint density at radius 1 is 1.40 bits per heavy atom. The van der Waals surface area contributed by atoms with E-state index in [9.17, 15) is 4.79 Å². The molecule has 0 bridgehead atoms. The van der Waals surface area contributed by atoms with Crippen LogP contribution < -0.4 is 5.32 Å². The molecule has 1 aliphatic heterocycles. The van der Waals surface area contributed by atoms with E-state index in [0.717, 1.165) is 16.6 Å². The molecule has 0 fully saturated rings. The van der Waals surface area contributed by atoms with Crippen LogP contribution in [0, 0.1) is 0 Å². The fourth-order valence-corrected chi connectivity index (χ4v) is 1.61. The second-order valence-corrected chi connectivity index (χ2v) is 3.23. The summed E-state index contributed by atoms with van der Waals surface area (Å²) < 4.78 is 4.84. The van der Waals surface area contributed by atoms with Crippen molar-refractivity contribution in [1.29, 1.82) is 0 Å². The number of cyclic esters (lactones) is 1. The van der Waals surface area contributed by atoms with E-state index in [0.29, 0.717) is 5.65 Å². The Hall–Kier alpha value is -2.17. The van der Waals surface area contributed by atoms with Gasteiger partial charge in [-0.15, -0.1) is 0 Å². The van der Waals surface area contributed by atoms with Gasteiger partial charge in [-0.25, -0.2) is 14.8 Å². The summed E-state index contributed by atoms with van der Waals surface area (Å²) in [6.07, 6.45) is 2.91. The maximum atomic E-state index is 11.1. The van der Waals surface area contributed by atoms with Crippen LogP contribution in [0.1, 0.15) is 5.56 Å². The molecule has 2 aromatic heterocycles. The van der Waals surface area contributed by atoms with Crippen molar-refractivity contribution in [1.82, 2.24) is 9.97 Å². The van der Waals surface area contributed by atoms with Gasteiger partial charge in [-0.3, -0.25) is 5.32 Å². The van der Waals surface area contributed by atoms with Gasteiger partial charge in [0.1, 0.15) is 6.61 Å². The number of anilines is 1. The van der Waals surface area contributed by atoms with Crippen LogP contribution in [-0.2, 0) is 11.3 Å². The van der Waals surface area contributed by atoms with Crippen LogP contribution in [0.15, 0.2) is 24.5 Å². The van der Waals surface area contributed by atoms with Crippen LogP contribution in [0.5, 0.6) is 0 Å². The number of carbonyl (C=O) groups is 1. The third kappa shape index (κ3) is 1.20. The summed E-state index contributed by atoms with van der Waals surface area (Å²) in [4.78, 5) is 19.4. The third-order valence-electron chi connectivity index (χ3n) is 2.31. The molecule has 3 heterocycles. The zero-order chi connectivity index (χ0) is 10.3. The maximum Gasteiger partial charge on any atom is 0.411 e. The van der Waals surface area contributed by atoms with Crippen LogP contribution in [0.25, 0.3) is 11.0 Å². The minimum absolute atomic E-state index is 0.263. The molecular formula is C10H7N3O2. The molecule has 0 aromatic carbocycles. The van der Waals surface area contributed by atoms with Gasteiger partial charge in [0.05, 0.1) is 5.69 Å². The lowest BCUT2D eigenvalue weighted by atomic mass is 10.1. The highest BCUT2D eigenvalue weighted by molar-refractivity contribution is 5.99. The molecule has 0 unspecified atom stereocenters. The molecule has 74 valence electrons. The van der Waals surface area contributed by atoms with Gasteiger partial charge in [0.15, 0.2) is 5.65 Å². The van der Waals surface area contributed by atoms with E-state index >= 15 is 0 Å². The number of pyridine rings is 2. The van der Waals surface area contributed by atoms with Crippen molar-refractivity contribution in [3.05, 3.63) is 30.1 Å². The number of aromatic nitrogens is 2.